The van der Waals surface area contributed by atoms with Crippen LogP contribution in [0.15, 0.2) is 15.9 Å². The smallest absolute Gasteiger partial charge is 0.0701 e. The maximum atomic E-state index is 5.69. The van der Waals surface area contributed by atoms with Gasteiger partial charge in [0.25, 0.3) is 0 Å². The van der Waals surface area contributed by atoms with E-state index in [-0.39, 0.29) is 0 Å². The van der Waals surface area contributed by atoms with Gasteiger partial charge in [-0.1, -0.05) is 13.8 Å². The maximum absolute atomic E-state index is 5.69. The summed E-state index contributed by atoms with van der Waals surface area (Å²) in [7, 11) is 0. The highest BCUT2D eigenvalue weighted by atomic mass is 79.9. The van der Waals surface area contributed by atoms with Crippen LogP contribution < -0.4 is 11.1 Å². The third-order valence-corrected chi connectivity index (χ3v) is 4.15. The highest BCUT2D eigenvalue weighted by molar-refractivity contribution is 9.11. The molecule has 0 radical (unpaired) electrons. The third-order valence-electron chi connectivity index (χ3n) is 2.47. The van der Waals surface area contributed by atoms with Gasteiger partial charge in [-0.2, -0.15) is 0 Å². The molecule has 0 spiro atoms. The van der Waals surface area contributed by atoms with Crippen molar-refractivity contribution < 1.29 is 0 Å². The van der Waals surface area contributed by atoms with E-state index in [1.165, 1.54) is 8.66 Å². The SMILES string of the molecule is CC(C)C(CN)NCCc1ccc(Br)s1. The molecule has 1 heterocycles. The summed E-state index contributed by atoms with van der Waals surface area (Å²) in [6.45, 7) is 6.12. The number of rotatable bonds is 6. The zero-order chi connectivity index (χ0) is 11.3. The molecule has 0 saturated heterocycles. The molecule has 0 fully saturated rings. The van der Waals surface area contributed by atoms with E-state index in [2.05, 4.69) is 47.2 Å². The minimum absolute atomic E-state index is 0.438. The van der Waals surface area contributed by atoms with Crippen LogP contribution in [-0.4, -0.2) is 19.1 Å². The summed E-state index contributed by atoms with van der Waals surface area (Å²) in [6, 6.07) is 4.71. The molecular weight excluding hydrogens is 272 g/mol. The molecule has 0 aliphatic heterocycles. The number of hydrogen-bond donors (Lipinski definition) is 2. The number of halogens is 1. The number of hydrogen-bond acceptors (Lipinski definition) is 3. The lowest BCUT2D eigenvalue weighted by Crippen LogP contribution is -2.41. The van der Waals surface area contributed by atoms with Crippen LogP contribution in [0.5, 0.6) is 0 Å². The minimum Gasteiger partial charge on any atom is -0.329 e. The lowest BCUT2D eigenvalue weighted by Gasteiger charge is -2.20. The van der Waals surface area contributed by atoms with E-state index in [4.69, 9.17) is 5.73 Å². The molecule has 0 aliphatic carbocycles. The summed E-state index contributed by atoms with van der Waals surface area (Å²) in [5.74, 6) is 0.602. The standard InChI is InChI=1S/C11H19BrN2S/c1-8(2)10(7-13)14-6-5-9-3-4-11(12)15-9/h3-4,8,10,14H,5-7,13H2,1-2H3. The zero-order valence-electron chi connectivity index (χ0n) is 9.29. The van der Waals surface area contributed by atoms with Crippen LogP contribution in [0.25, 0.3) is 0 Å². The third kappa shape index (κ3) is 4.64. The summed E-state index contributed by atoms with van der Waals surface area (Å²) in [5, 5.41) is 3.49. The number of nitrogens with two attached hydrogens (primary N) is 1. The first-order chi connectivity index (χ1) is 7.13. The van der Waals surface area contributed by atoms with Crippen LogP contribution in [-0.2, 0) is 6.42 Å². The molecule has 0 saturated carbocycles. The second kappa shape index (κ2) is 6.63. The van der Waals surface area contributed by atoms with Crippen molar-refractivity contribution in [2.75, 3.05) is 13.1 Å². The van der Waals surface area contributed by atoms with Crippen LogP contribution in [0, 0.1) is 5.92 Å². The first kappa shape index (κ1) is 13.2. The maximum Gasteiger partial charge on any atom is 0.0701 e. The molecule has 0 aromatic carbocycles. The Morgan fingerprint density at radius 3 is 2.67 bits per heavy atom. The topological polar surface area (TPSA) is 38.0 Å². The van der Waals surface area contributed by atoms with E-state index in [0.29, 0.717) is 18.5 Å². The van der Waals surface area contributed by atoms with E-state index in [1.807, 2.05) is 0 Å². The number of thiophene rings is 1. The van der Waals surface area contributed by atoms with Gasteiger partial charge in [-0.25, -0.2) is 0 Å². The molecule has 1 rings (SSSR count). The first-order valence-electron chi connectivity index (χ1n) is 5.31. The fourth-order valence-electron chi connectivity index (χ4n) is 1.46. The van der Waals surface area contributed by atoms with Crippen molar-refractivity contribution in [2.45, 2.75) is 26.3 Å². The average molecular weight is 291 g/mol. The van der Waals surface area contributed by atoms with E-state index in [0.717, 1.165) is 13.0 Å². The minimum atomic E-state index is 0.438. The molecule has 1 unspecified atom stereocenters. The second-order valence-electron chi connectivity index (χ2n) is 4.00. The van der Waals surface area contributed by atoms with Crippen molar-refractivity contribution in [2.24, 2.45) is 11.7 Å². The summed E-state index contributed by atoms with van der Waals surface area (Å²) < 4.78 is 1.21. The highest BCUT2D eigenvalue weighted by Crippen LogP contribution is 2.22. The Kier molecular flexibility index (Phi) is 5.82. The van der Waals surface area contributed by atoms with Gasteiger partial charge in [0, 0.05) is 24.0 Å². The van der Waals surface area contributed by atoms with Crippen LogP contribution in [0.1, 0.15) is 18.7 Å². The molecule has 15 heavy (non-hydrogen) atoms. The Morgan fingerprint density at radius 2 is 2.20 bits per heavy atom. The van der Waals surface area contributed by atoms with Crippen LogP contribution in [0.3, 0.4) is 0 Å². The van der Waals surface area contributed by atoms with Gasteiger partial charge in [0.15, 0.2) is 0 Å². The Labute approximate surface area is 104 Å². The predicted molar refractivity (Wildman–Crippen MR) is 71.4 cm³/mol. The quantitative estimate of drug-likeness (QED) is 0.845. The fraction of sp³-hybridized carbons (Fsp3) is 0.636. The zero-order valence-corrected chi connectivity index (χ0v) is 11.7. The van der Waals surface area contributed by atoms with Gasteiger partial charge in [-0.05, 0) is 40.4 Å². The van der Waals surface area contributed by atoms with Crippen molar-refractivity contribution in [3.8, 4) is 0 Å². The largest absolute Gasteiger partial charge is 0.329 e. The van der Waals surface area contributed by atoms with Gasteiger partial charge in [0.1, 0.15) is 0 Å². The van der Waals surface area contributed by atoms with Gasteiger partial charge < -0.3 is 11.1 Å². The average Bonchev–Trinajstić information content (AvgIpc) is 2.58. The lowest BCUT2D eigenvalue weighted by atomic mass is 10.0. The molecule has 0 bridgehead atoms. The Morgan fingerprint density at radius 1 is 1.47 bits per heavy atom. The van der Waals surface area contributed by atoms with Gasteiger partial charge >= 0.3 is 0 Å². The molecule has 3 N–H and O–H groups in total. The van der Waals surface area contributed by atoms with Gasteiger partial charge in [-0.3, -0.25) is 0 Å². The van der Waals surface area contributed by atoms with E-state index in [1.54, 1.807) is 11.3 Å². The molecule has 0 amide bonds. The summed E-state index contributed by atoms with van der Waals surface area (Å²) in [4.78, 5) is 1.41. The highest BCUT2D eigenvalue weighted by Gasteiger charge is 2.09. The van der Waals surface area contributed by atoms with Crippen LogP contribution in [0.2, 0.25) is 0 Å². The number of nitrogens with one attached hydrogen (secondary N) is 1. The summed E-state index contributed by atoms with van der Waals surface area (Å²) in [6.07, 6.45) is 1.08. The van der Waals surface area contributed by atoms with Gasteiger partial charge in [-0.15, -0.1) is 11.3 Å². The van der Waals surface area contributed by atoms with Crippen molar-refractivity contribution in [3.63, 3.8) is 0 Å². The van der Waals surface area contributed by atoms with Crippen molar-refractivity contribution in [3.05, 3.63) is 20.8 Å². The van der Waals surface area contributed by atoms with Crippen molar-refractivity contribution >= 4 is 27.3 Å². The van der Waals surface area contributed by atoms with Crippen LogP contribution >= 0.6 is 27.3 Å². The van der Waals surface area contributed by atoms with Crippen molar-refractivity contribution in [1.82, 2.24) is 5.32 Å². The predicted octanol–water partition coefficient (Wildman–Crippen LogP) is 2.63. The molecule has 1 aromatic heterocycles. The molecule has 1 atom stereocenters. The van der Waals surface area contributed by atoms with Gasteiger partial charge in [0.2, 0.25) is 0 Å². The second-order valence-corrected chi connectivity index (χ2v) is 6.54. The van der Waals surface area contributed by atoms with E-state index < -0.39 is 0 Å². The molecule has 86 valence electrons. The molecular formula is C11H19BrN2S. The molecule has 1 aromatic rings. The molecule has 4 heteroatoms. The van der Waals surface area contributed by atoms with Crippen molar-refractivity contribution in [1.29, 1.82) is 0 Å². The lowest BCUT2D eigenvalue weighted by molar-refractivity contribution is 0.409. The normalized spacial score (nSPS) is 13.4. The fourth-order valence-corrected chi connectivity index (χ4v) is 2.94. The Balaban J connectivity index is 2.26. The molecule has 2 nitrogen and oxygen atoms in total. The Hall–Kier alpha value is 0.1000. The summed E-state index contributed by atoms with van der Waals surface area (Å²) in [5.41, 5.74) is 5.69. The van der Waals surface area contributed by atoms with Gasteiger partial charge in [0.05, 0.1) is 3.79 Å². The monoisotopic (exact) mass is 290 g/mol. The van der Waals surface area contributed by atoms with Crippen LogP contribution in [0.4, 0.5) is 0 Å². The molecule has 0 aliphatic rings. The first-order valence-corrected chi connectivity index (χ1v) is 6.92. The van der Waals surface area contributed by atoms with E-state index in [9.17, 15) is 0 Å². The Bertz CT molecular complexity index is 286. The summed E-state index contributed by atoms with van der Waals surface area (Å²) >= 11 is 5.27. The van der Waals surface area contributed by atoms with E-state index >= 15 is 0 Å².